The number of aryl methyl sites for hydroxylation is 1. The molecule has 2 N–H and O–H groups in total. The largest absolute Gasteiger partial charge is 0.494 e. The van der Waals surface area contributed by atoms with Crippen molar-refractivity contribution in [1.82, 2.24) is 4.98 Å². The molecule has 28 heavy (non-hydrogen) atoms. The summed E-state index contributed by atoms with van der Waals surface area (Å²) in [5.74, 6) is 2.30. The molecule has 148 valence electrons. The minimum absolute atomic E-state index is 0.598. The van der Waals surface area contributed by atoms with Crippen molar-refractivity contribution < 1.29 is 14.2 Å². The second-order valence-corrected chi connectivity index (χ2v) is 6.77. The van der Waals surface area contributed by atoms with E-state index in [1.165, 1.54) is 0 Å². The zero-order valence-electron chi connectivity index (χ0n) is 16.6. The fourth-order valence-electron chi connectivity index (χ4n) is 3.20. The first-order valence-corrected chi connectivity index (χ1v) is 9.73. The summed E-state index contributed by atoms with van der Waals surface area (Å²) in [4.78, 5) is 4.41. The van der Waals surface area contributed by atoms with Gasteiger partial charge in [0.25, 0.3) is 0 Å². The molecule has 0 atom stereocenters. The summed E-state index contributed by atoms with van der Waals surface area (Å²) in [6, 6.07) is 13.7. The monoisotopic (exact) mass is 380 g/mol. The molecule has 0 aliphatic heterocycles. The Labute approximate surface area is 166 Å². The highest BCUT2D eigenvalue weighted by Crippen LogP contribution is 2.40. The highest BCUT2D eigenvalue weighted by molar-refractivity contribution is 5.98. The lowest BCUT2D eigenvalue weighted by Gasteiger charge is -2.16. The molecule has 0 aliphatic carbocycles. The van der Waals surface area contributed by atoms with Gasteiger partial charge in [-0.1, -0.05) is 18.2 Å². The van der Waals surface area contributed by atoms with Gasteiger partial charge in [0.2, 0.25) is 0 Å². The van der Waals surface area contributed by atoms with Crippen LogP contribution in [0.15, 0.2) is 48.7 Å². The second kappa shape index (κ2) is 9.83. The third-order valence-corrected chi connectivity index (χ3v) is 4.69. The highest BCUT2D eigenvalue weighted by Gasteiger charge is 2.15. The molecule has 0 saturated heterocycles. The molecular formula is C23H28N2O3. The zero-order chi connectivity index (χ0) is 19.8. The normalized spacial score (nSPS) is 10.8. The smallest absolute Gasteiger partial charge is 0.170 e. The molecule has 1 heterocycles. The number of fused-ring (bicyclic) bond motifs is 1. The molecule has 1 aromatic heterocycles. The first-order valence-electron chi connectivity index (χ1n) is 9.73. The van der Waals surface area contributed by atoms with E-state index in [9.17, 15) is 0 Å². The van der Waals surface area contributed by atoms with Gasteiger partial charge in [-0.15, -0.1) is 0 Å². The number of aromatic nitrogens is 1. The Morgan fingerprint density at radius 2 is 1.64 bits per heavy atom. The minimum Gasteiger partial charge on any atom is -0.494 e. The van der Waals surface area contributed by atoms with Crippen LogP contribution in [-0.4, -0.2) is 25.3 Å². The molecule has 0 saturated carbocycles. The van der Waals surface area contributed by atoms with E-state index < -0.39 is 0 Å². The maximum absolute atomic E-state index is 6.13. The fraction of sp³-hybridized carbons (Fsp3) is 0.348. The molecule has 0 spiro atoms. The number of hydrogen-bond acceptors (Lipinski definition) is 5. The third-order valence-electron chi connectivity index (χ3n) is 4.69. The van der Waals surface area contributed by atoms with Gasteiger partial charge in [0, 0.05) is 12.3 Å². The van der Waals surface area contributed by atoms with Crippen LogP contribution < -0.4 is 19.9 Å². The SMILES string of the molecule is COc1cc(N)c2nccc(C)c2c1OCCCCCCOc1ccccc1. The van der Waals surface area contributed by atoms with Crippen molar-refractivity contribution in [2.24, 2.45) is 0 Å². The number of benzene rings is 2. The molecule has 0 amide bonds. The molecule has 3 rings (SSSR count). The van der Waals surface area contributed by atoms with Crippen LogP contribution in [0.3, 0.4) is 0 Å². The molecule has 0 aliphatic rings. The van der Waals surface area contributed by atoms with Crippen LogP contribution in [0.1, 0.15) is 31.2 Å². The molecule has 0 radical (unpaired) electrons. The van der Waals surface area contributed by atoms with E-state index in [4.69, 9.17) is 19.9 Å². The van der Waals surface area contributed by atoms with Crippen LogP contribution >= 0.6 is 0 Å². The number of rotatable bonds is 10. The first-order chi connectivity index (χ1) is 13.7. The summed E-state index contributed by atoms with van der Waals surface area (Å²) < 4.78 is 17.3. The van der Waals surface area contributed by atoms with Crippen LogP contribution in [0, 0.1) is 6.92 Å². The van der Waals surface area contributed by atoms with Crippen molar-refractivity contribution in [2.75, 3.05) is 26.1 Å². The number of nitrogen functional groups attached to an aromatic ring is 1. The maximum Gasteiger partial charge on any atom is 0.170 e. The number of methoxy groups -OCH3 is 1. The van der Waals surface area contributed by atoms with Gasteiger partial charge in [0.1, 0.15) is 5.75 Å². The van der Waals surface area contributed by atoms with Crippen LogP contribution in [-0.2, 0) is 0 Å². The Kier molecular flexibility index (Phi) is 6.95. The van der Waals surface area contributed by atoms with E-state index in [0.717, 1.165) is 60.3 Å². The third kappa shape index (κ3) is 4.85. The van der Waals surface area contributed by atoms with Gasteiger partial charge in [-0.3, -0.25) is 4.98 Å². The Bertz CT molecular complexity index is 897. The number of ether oxygens (including phenoxy) is 3. The van der Waals surface area contributed by atoms with E-state index in [-0.39, 0.29) is 0 Å². The molecule has 0 bridgehead atoms. The molecule has 0 unspecified atom stereocenters. The lowest BCUT2D eigenvalue weighted by Crippen LogP contribution is -2.03. The van der Waals surface area contributed by atoms with E-state index >= 15 is 0 Å². The van der Waals surface area contributed by atoms with Crippen LogP contribution in [0.2, 0.25) is 0 Å². The van der Waals surface area contributed by atoms with E-state index in [0.29, 0.717) is 18.0 Å². The lowest BCUT2D eigenvalue weighted by atomic mass is 10.1. The second-order valence-electron chi connectivity index (χ2n) is 6.77. The maximum atomic E-state index is 6.13. The quantitative estimate of drug-likeness (QED) is 0.389. The Hall–Kier alpha value is -2.95. The summed E-state index contributed by atoms with van der Waals surface area (Å²) in [7, 11) is 1.63. The summed E-state index contributed by atoms with van der Waals surface area (Å²) in [5.41, 5.74) is 8.55. The van der Waals surface area contributed by atoms with Crippen LogP contribution in [0.4, 0.5) is 5.69 Å². The number of hydrogen-bond donors (Lipinski definition) is 1. The molecule has 5 nitrogen and oxygen atoms in total. The average molecular weight is 380 g/mol. The van der Waals surface area contributed by atoms with Crippen molar-refractivity contribution >= 4 is 16.6 Å². The summed E-state index contributed by atoms with van der Waals surface area (Å²) >= 11 is 0. The Morgan fingerprint density at radius 1 is 0.929 bits per heavy atom. The van der Waals surface area contributed by atoms with Crippen LogP contribution in [0.5, 0.6) is 17.2 Å². The van der Waals surface area contributed by atoms with Gasteiger partial charge in [-0.25, -0.2) is 0 Å². The van der Waals surface area contributed by atoms with Gasteiger partial charge in [-0.05, 0) is 56.4 Å². The molecule has 2 aromatic carbocycles. The number of para-hydroxylation sites is 1. The summed E-state index contributed by atoms with van der Waals surface area (Å²) in [6.45, 7) is 3.40. The predicted octanol–water partition coefficient (Wildman–Crippen LogP) is 5.15. The molecule has 3 aromatic rings. The topological polar surface area (TPSA) is 66.6 Å². The van der Waals surface area contributed by atoms with E-state index in [1.54, 1.807) is 19.4 Å². The molecular weight excluding hydrogens is 352 g/mol. The first kappa shape index (κ1) is 19.8. The van der Waals surface area contributed by atoms with Gasteiger partial charge in [-0.2, -0.15) is 0 Å². The van der Waals surface area contributed by atoms with Crippen molar-refractivity contribution in [3.05, 3.63) is 54.2 Å². The number of nitrogens with zero attached hydrogens (tertiary/aromatic N) is 1. The van der Waals surface area contributed by atoms with Gasteiger partial charge in [0.15, 0.2) is 11.5 Å². The minimum atomic E-state index is 0.598. The van der Waals surface area contributed by atoms with Gasteiger partial charge >= 0.3 is 0 Å². The zero-order valence-corrected chi connectivity index (χ0v) is 16.6. The van der Waals surface area contributed by atoms with Crippen LogP contribution in [0.25, 0.3) is 10.9 Å². The molecule has 5 heteroatoms. The highest BCUT2D eigenvalue weighted by atomic mass is 16.5. The van der Waals surface area contributed by atoms with E-state index in [2.05, 4.69) is 4.98 Å². The molecule has 0 fully saturated rings. The predicted molar refractivity (Wildman–Crippen MR) is 113 cm³/mol. The van der Waals surface area contributed by atoms with Crippen molar-refractivity contribution in [2.45, 2.75) is 32.6 Å². The fourth-order valence-corrected chi connectivity index (χ4v) is 3.20. The number of pyridine rings is 1. The van der Waals surface area contributed by atoms with Crippen molar-refractivity contribution in [3.63, 3.8) is 0 Å². The Balaban J connectivity index is 1.48. The Morgan fingerprint density at radius 3 is 2.36 bits per heavy atom. The van der Waals surface area contributed by atoms with E-state index in [1.807, 2.05) is 43.3 Å². The standard InChI is InChI=1S/C23H28N2O3/c1-17-12-13-25-22-19(24)16-20(26-2)23(21(17)22)28-15-9-4-3-8-14-27-18-10-6-5-7-11-18/h5-7,10-13,16H,3-4,8-9,14-15,24H2,1-2H3. The summed E-state index contributed by atoms with van der Waals surface area (Å²) in [6.07, 6.45) is 5.97. The number of unbranched alkanes of at least 4 members (excludes halogenated alkanes) is 3. The number of nitrogens with two attached hydrogens (primary N) is 1. The number of anilines is 1. The summed E-state index contributed by atoms with van der Waals surface area (Å²) in [5, 5.41) is 0.926. The van der Waals surface area contributed by atoms with Crippen molar-refractivity contribution in [1.29, 1.82) is 0 Å². The average Bonchev–Trinajstić information content (AvgIpc) is 2.72. The lowest BCUT2D eigenvalue weighted by molar-refractivity contribution is 0.279. The van der Waals surface area contributed by atoms with Gasteiger partial charge < -0.3 is 19.9 Å². The van der Waals surface area contributed by atoms with Gasteiger partial charge in [0.05, 0.1) is 36.9 Å². The van der Waals surface area contributed by atoms with Crippen molar-refractivity contribution in [3.8, 4) is 17.2 Å².